The summed E-state index contributed by atoms with van der Waals surface area (Å²) in [7, 11) is 3.90. The van der Waals surface area contributed by atoms with Gasteiger partial charge in [0.05, 0.1) is 5.71 Å². The topological polar surface area (TPSA) is 15.6 Å². The monoisotopic (exact) mass is 284 g/mol. The molecule has 0 saturated carbocycles. The van der Waals surface area contributed by atoms with Crippen molar-refractivity contribution in [3.63, 3.8) is 0 Å². The van der Waals surface area contributed by atoms with Crippen LogP contribution in [0, 0.1) is 11.3 Å². The highest BCUT2D eigenvalue weighted by Crippen LogP contribution is 2.21. The van der Waals surface area contributed by atoms with Gasteiger partial charge in [-0.05, 0) is 23.1 Å². The number of nitrogens with zero attached hydrogens (tertiary/aromatic N) is 2. The summed E-state index contributed by atoms with van der Waals surface area (Å²) >= 11 is 0. The van der Waals surface area contributed by atoms with Gasteiger partial charge in [-0.1, -0.05) is 70.7 Å². The Morgan fingerprint density at radius 2 is 1.95 bits per heavy atom. The van der Waals surface area contributed by atoms with Crippen molar-refractivity contribution in [2.45, 2.75) is 27.7 Å². The van der Waals surface area contributed by atoms with E-state index in [0.29, 0.717) is 5.92 Å². The molecule has 0 fully saturated rings. The Morgan fingerprint density at radius 1 is 1.29 bits per heavy atom. The van der Waals surface area contributed by atoms with Gasteiger partial charge in [0, 0.05) is 19.5 Å². The van der Waals surface area contributed by atoms with Crippen molar-refractivity contribution in [3.05, 3.63) is 60.3 Å². The van der Waals surface area contributed by atoms with Gasteiger partial charge in [0.2, 0.25) is 0 Å². The molecule has 0 radical (unpaired) electrons. The predicted molar refractivity (Wildman–Crippen MR) is 94.4 cm³/mol. The van der Waals surface area contributed by atoms with Gasteiger partial charge in [0.1, 0.15) is 0 Å². The summed E-state index contributed by atoms with van der Waals surface area (Å²) in [5, 5.41) is 6.43. The summed E-state index contributed by atoms with van der Waals surface area (Å²) < 4.78 is 0. The normalized spacial score (nSPS) is 20.1. The molecule has 114 valence electrons. The Kier molecular flexibility index (Phi) is 5.95. The first kappa shape index (κ1) is 17.2. The van der Waals surface area contributed by atoms with Crippen molar-refractivity contribution in [1.29, 1.82) is 0 Å². The molecule has 0 aromatic rings. The van der Waals surface area contributed by atoms with Crippen LogP contribution in [0.4, 0.5) is 0 Å². The molecule has 0 spiro atoms. The maximum Gasteiger partial charge on any atom is 0.0658 e. The molecule has 0 saturated heterocycles. The van der Waals surface area contributed by atoms with Crippen LogP contribution in [0.1, 0.15) is 27.7 Å². The molecule has 1 unspecified atom stereocenters. The van der Waals surface area contributed by atoms with E-state index in [1.165, 1.54) is 11.1 Å². The van der Waals surface area contributed by atoms with Gasteiger partial charge in [0.25, 0.3) is 0 Å². The Hall–Kier alpha value is -1.83. The molecule has 1 aliphatic carbocycles. The lowest BCUT2D eigenvalue weighted by Gasteiger charge is -2.20. The van der Waals surface area contributed by atoms with E-state index in [2.05, 4.69) is 75.8 Å². The number of allylic oxidation sites excluding steroid dienone is 9. The van der Waals surface area contributed by atoms with Crippen LogP contribution < -0.4 is 0 Å². The SMILES string of the molecule is C=CC1=CC=C(/C=C/C(=N\N(C)C)C(C)(C)C)C=CC1C. The zero-order chi connectivity index (χ0) is 16.0. The lowest BCUT2D eigenvalue weighted by Crippen LogP contribution is -2.21. The smallest absolute Gasteiger partial charge is 0.0658 e. The van der Waals surface area contributed by atoms with E-state index >= 15 is 0 Å². The van der Waals surface area contributed by atoms with Gasteiger partial charge < -0.3 is 5.01 Å². The molecule has 2 nitrogen and oxygen atoms in total. The molecule has 1 atom stereocenters. The fourth-order valence-corrected chi connectivity index (χ4v) is 1.96. The van der Waals surface area contributed by atoms with Crippen LogP contribution in [0.15, 0.2) is 65.4 Å². The number of hydrogen-bond acceptors (Lipinski definition) is 2. The first-order valence-electron chi connectivity index (χ1n) is 7.41. The van der Waals surface area contributed by atoms with Crippen LogP contribution in [0.25, 0.3) is 0 Å². The van der Waals surface area contributed by atoms with E-state index in [0.717, 1.165) is 5.71 Å². The molecular formula is C19H28N2. The average Bonchev–Trinajstić information content (AvgIpc) is 2.55. The molecule has 0 aliphatic heterocycles. The number of hydrogen-bond donors (Lipinski definition) is 0. The van der Waals surface area contributed by atoms with Crippen molar-refractivity contribution >= 4 is 5.71 Å². The highest BCUT2D eigenvalue weighted by atomic mass is 15.4. The first-order valence-corrected chi connectivity index (χ1v) is 7.41. The minimum atomic E-state index is 0.0190. The zero-order valence-corrected chi connectivity index (χ0v) is 14.2. The lowest BCUT2D eigenvalue weighted by atomic mass is 9.89. The van der Waals surface area contributed by atoms with E-state index in [4.69, 9.17) is 0 Å². The molecule has 1 rings (SSSR count). The Labute approximate surface area is 129 Å². The predicted octanol–water partition coefficient (Wildman–Crippen LogP) is 4.75. The number of rotatable bonds is 4. The maximum atomic E-state index is 4.58. The van der Waals surface area contributed by atoms with Crippen molar-refractivity contribution in [3.8, 4) is 0 Å². The third-order valence-electron chi connectivity index (χ3n) is 3.32. The van der Waals surface area contributed by atoms with E-state index in [-0.39, 0.29) is 5.41 Å². The average molecular weight is 284 g/mol. The standard InChI is InChI=1S/C19H28N2/c1-8-17-13-11-16(10-9-15(17)2)12-14-18(19(3,4)5)20-21(6)7/h8-15H,1H2,2-7H3/b14-12+,20-18+. The van der Waals surface area contributed by atoms with Gasteiger partial charge in [0.15, 0.2) is 0 Å². The highest BCUT2D eigenvalue weighted by molar-refractivity contribution is 5.99. The Bertz CT molecular complexity index is 520. The van der Waals surface area contributed by atoms with Crippen LogP contribution in [-0.4, -0.2) is 24.8 Å². The van der Waals surface area contributed by atoms with E-state index in [1.807, 2.05) is 25.2 Å². The lowest BCUT2D eigenvalue weighted by molar-refractivity contribution is 0.426. The van der Waals surface area contributed by atoms with Crippen LogP contribution in [0.2, 0.25) is 0 Å². The zero-order valence-electron chi connectivity index (χ0n) is 14.2. The summed E-state index contributed by atoms with van der Waals surface area (Å²) in [6.45, 7) is 12.6. The van der Waals surface area contributed by atoms with Crippen LogP contribution in [-0.2, 0) is 0 Å². The third-order valence-corrected chi connectivity index (χ3v) is 3.32. The molecule has 0 aromatic heterocycles. The molecule has 0 N–H and O–H groups in total. The Morgan fingerprint density at radius 3 is 2.48 bits per heavy atom. The molecule has 0 bridgehead atoms. The second kappa shape index (κ2) is 7.26. The summed E-state index contributed by atoms with van der Waals surface area (Å²) in [4.78, 5) is 0. The molecule has 0 aromatic carbocycles. The van der Waals surface area contributed by atoms with Crippen LogP contribution in [0.3, 0.4) is 0 Å². The van der Waals surface area contributed by atoms with Crippen LogP contribution >= 0.6 is 0 Å². The largest absolute Gasteiger partial charge is 0.303 e. The minimum Gasteiger partial charge on any atom is -0.303 e. The van der Waals surface area contributed by atoms with Crippen LogP contribution in [0.5, 0.6) is 0 Å². The summed E-state index contributed by atoms with van der Waals surface area (Å²) in [5.41, 5.74) is 3.50. The van der Waals surface area contributed by atoms with E-state index < -0.39 is 0 Å². The molecule has 0 heterocycles. The molecule has 2 heteroatoms. The second-order valence-electron chi connectivity index (χ2n) is 6.60. The first-order chi connectivity index (χ1) is 9.74. The van der Waals surface area contributed by atoms with Crippen molar-refractivity contribution in [1.82, 2.24) is 5.01 Å². The Balaban J connectivity index is 3.03. The summed E-state index contributed by atoms with van der Waals surface area (Å²) in [6.07, 6.45) is 14.8. The summed E-state index contributed by atoms with van der Waals surface area (Å²) in [6, 6.07) is 0. The molecule has 21 heavy (non-hydrogen) atoms. The van der Waals surface area contributed by atoms with Gasteiger partial charge in [-0.15, -0.1) is 0 Å². The van der Waals surface area contributed by atoms with Gasteiger partial charge in [-0.25, -0.2) is 0 Å². The minimum absolute atomic E-state index is 0.0190. The molecular weight excluding hydrogens is 256 g/mol. The fourth-order valence-electron chi connectivity index (χ4n) is 1.96. The van der Waals surface area contributed by atoms with Crippen molar-refractivity contribution in [2.75, 3.05) is 14.1 Å². The highest BCUT2D eigenvalue weighted by Gasteiger charge is 2.17. The second-order valence-corrected chi connectivity index (χ2v) is 6.60. The number of hydrazone groups is 1. The van der Waals surface area contributed by atoms with Gasteiger partial charge >= 0.3 is 0 Å². The maximum absolute atomic E-state index is 4.58. The fraction of sp³-hybridized carbons (Fsp3) is 0.421. The third kappa shape index (κ3) is 5.58. The molecule has 1 aliphatic rings. The van der Waals surface area contributed by atoms with Gasteiger partial charge in [-0.2, -0.15) is 5.10 Å². The van der Waals surface area contributed by atoms with Crippen molar-refractivity contribution < 1.29 is 0 Å². The van der Waals surface area contributed by atoms with E-state index in [1.54, 1.807) is 0 Å². The summed E-state index contributed by atoms with van der Waals surface area (Å²) in [5.74, 6) is 0.405. The quantitative estimate of drug-likeness (QED) is 0.537. The van der Waals surface area contributed by atoms with Crippen molar-refractivity contribution in [2.24, 2.45) is 16.4 Å². The van der Waals surface area contributed by atoms with Gasteiger partial charge in [-0.3, -0.25) is 0 Å². The molecule has 0 amide bonds. The van der Waals surface area contributed by atoms with E-state index in [9.17, 15) is 0 Å².